The number of thiophene rings is 2. The first-order valence-corrected chi connectivity index (χ1v) is 8.51. The van der Waals surface area contributed by atoms with E-state index in [1.165, 1.54) is 11.1 Å². The molecule has 1 N–H and O–H groups in total. The van der Waals surface area contributed by atoms with Gasteiger partial charge in [-0.15, -0.1) is 16.4 Å². The van der Waals surface area contributed by atoms with Crippen LogP contribution in [0.1, 0.15) is 20.2 Å². The van der Waals surface area contributed by atoms with Crippen LogP contribution in [0.15, 0.2) is 28.3 Å². The van der Waals surface area contributed by atoms with E-state index < -0.39 is 0 Å². The molecule has 3 aromatic heterocycles. The fourth-order valence-corrected chi connectivity index (χ4v) is 3.81. The number of aryl methyl sites for hydroxylation is 1. The minimum atomic E-state index is -0.108. The highest BCUT2D eigenvalue weighted by atomic mass is 32.1. The molecule has 0 aliphatic carbocycles. The Morgan fingerprint density at radius 2 is 2.25 bits per heavy atom. The smallest absolute Gasteiger partial charge is 0.265 e. The van der Waals surface area contributed by atoms with E-state index >= 15 is 0 Å². The second kappa shape index (κ2) is 5.82. The minimum absolute atomic E-state index is 0.108. The van der Waals surface area contributed by atoms with Crippen molar-refractivity contribution < 1.29 is 4.79 Å². The maximum Gasteiger partial charge on any atom is 0.265 e. The third-order valence-electron chi connectivity index (χ3n) is 2.79. The summed E-state index contributed by atoms with van der Waals surface area (Å²) in [5, 5.41) is 13.0. The van der Waals surface area contributed by atoms with Crippen molar-refractivity contribution >= 4 is 40.1 Å². The lowest BCUT2D eigenvalue weighted by atomic mass is 10.2. The quantitative estimate of drug-likeness (QED) is 0.799. The molecule has 3 aromatic rings. The molecule has 20 heavy (non-hydrogen) atoms. The number of carbonyl (C=O) groups excluding carboxylic acids is 1. The Morgan fingerprint density at radius 3 is 2.95 bits per heavy atom. The predicted molar refractivity (Wildman–Crippen MR) is 83.4 cm³/mol. The minimum Gasteiger partial charge on any atom is -0.346 e. The third kappa shape index (κ3) is 2.79. The van der Waals surface area contributed by atoms with Crippen molar-refractivity contribution in [2.45, 2.75) is 13.5 Å². The summed E-state index contributed by atoms with van der Waals surface area (Å²) in [4.78, 5) is 13.7. The molecule has 3 heterocycles. The van der Waals surface area contributed by atoms with Crippen LogP contribution in [0.5, 0.6) is 0 Å². The van der Waals surface area contributed by atoms with Crippen molar-refractivity contribution in [2.75, 3.05) is 0 Å². The van der Waals surface area contributed by atoms with Crippen LogP contribution < -0.4 is 5.32 Å². The van der Waals surface area contributed by atoms with Crippen molar-refractivity contribution in [3.8, 4) is 11.1 Å². The molecule has 7 heteroatoms. The van der Waals surface area contributed by atoms with E-state index in [1.807, 2.05) is 0 Å². The van der Waals surface area contributed by atoms with Crippen molar-refractivity contribution in [3.63, 3.8) is 0 Å². The summed E-state index contributed by atoms with van der Waals surface area (Å²) in [5.74, 6) is -0.108. The number of aromatic nitrogens is 2. The van der Waals surface area contributed by atoms with Gasteiger partial charge < -0.3 is 5.32 Å². The molecule has 4 nitrogen and oxygen atoms in total. The molecule has 102 valence electrons. The van der Waals surface area contributed by atoms with Crippen LogP contribution in [-0.4, -0.2) is 15.5 Å². The number of rotatable bonds is 4. The number of hydrogen-bond acceptors (Lipinski definition) is 6. The summed E-state index contributed by atoms with van der Waals surface area (Å²) in [6, 6.07) is 4.21. The summed E-state index contributed by atoms with van der Waals surface area (Å²) in [7, 11) is 0. The van der Waals surface area contributed by atoms with Crippen LogP contribution in [0.4, 0.5) is 0 Å². The monoisotopic (exact) mass is 321 g/mol. The summed E-state index contributed by atoms with van der Waals surface area (Å²) < 4.78 is 3.77. The molecule has 0 spiro atoms. The average Bonchev–Trinajstić information content (AvgIpc) is 3.16. The summed E-state index contributed by atoms with van der Waals surface area (Å²) in [6.07, 6.45) is 0. The van der Waals surface area contributed by atoms with Crippen LogP contribution in [0.3, 0.4) is 0 Å². The number of nitrogens with zero attached hydrogens (tertiary/aromatic N) is 2. The normalized spacial score (nSPS) is 10.7. The highest BCUT2D eigenvalue weighted by molar-refractivity contribution is 7.10. The fourth-order valence-electron chi connectivity index (χ4n) is 1.74. The van der Waals surface area contributed by atoms with Crippen LogP contribution in [-0.2, 0) is 6.54 Å². The van der Waals surface area contributed by atoms with Gasteiger partial charge in [0.05, 0.1) is 12.2 Å². The Bertz CT molecular complexity index is 715. The van der Waals surface area contributed by atoms with E-state index in [1.54, 1.807) is 29.6 Å². The molecule has 0 aliphatic rings. The number of nitrogens with one attached hydrogen (secondary N) is 1. The van der Waals surface area contributed by atoms with Gasteiger partial charge in [0.25, 0.3) is 5.91 Å². The first-order valence-electron chi connectivity index (χ1n) is 5.91. The van der Waals surface area contributed by atoms with Gasteiger partial charge in [0.1, 0.15) is 4.88 Å². The molecule has 0 unspecified atom stereocenters. The van der Waals surface area contributed by atoms with Crippen molar-refractivity contribution in [1.29, 1.82) is 0 Å². The zero-order valence-electron chi connectivity index (χ0n) is 10.6. The second-order valence-corrected chi connectivity index (χ2v) is 6.71. The molecular weight excluding hydrogens is 310 g/mol. The van der Waals surface area contributed by atoms with Crippen LogP contribution in [0, 0.1) is 6.92 Å². The molecule has 0 bridgehead atoms. The molecule has 0 aromatic carbocycles. The maximum absolute atomic E-state index is 12.0. The van der Waals surface area contributed by atoms with Crippen molar-refractivity contribution in [3.05, 3.63) is 43.7 Å². The van der Waals surface area contributed by atoms with E-state index in [0.717, 1.165) is 16.4 Å². The largest absolute Gasteiger partial charge is 0.346 e. The molecule has 0 saturated heterocycles. The van der Waals surface area contributed by atoms with Crippen molar-refractivity contribution in [2.24, 2.45) is 0 Å². The Kier molecular flexibility index (Phi) is 3.90. The third-order valence-corrected chi connectivity index (χ3v) is 5.24. The standard InChI is InChI=1S/C13H11N3OS3/c1-8-12(20-16-15-8)13(17)14-5-11-4-10(7-19-11)9-2-3-18-6-9/h2-4,6-7H,5H2,1H3,(H,14,17). The van der Waals surface area contributed by atoms with E-state index in [2.05, 4.69) is 43.2 Å². The maximum atomic E-state index is 12.0. The topological polar surface area (TPSA) is 54.9 Å². The Labute approximate surface area is 128 Å². The second-order valence-electron chi connectivity index (χ2n) is 4.18. The number of carbonyl (C=O) groups is 1. The van der Waals surface area contributed by atoms with E-state index in [0.29, 0.717) is 17.1 Å². The molecule has 0 radical (unpaired) electrons. The SMILES string of the molecule is Cc1nnsc1C(=O)NCc1cc(-c2ccsc2)cs1. The van der Waals surface area contributed by atoms with Crippen molar-refractivity contribution in [1.82, 2.24) is 14.9 Å². The lowest BCUT2D eigenvalue weighted by Crippen LogP contribution is -2.22. The zero-order valence-corrected chi connectivity index (χ0v) is 13.1. The molecule has 1 amide bonds. The van der Waals surface area contributed by atoms with Gasteiger partial charge in [-0.05, 0) is 57.9 Å². The summed E-state index contributed by atoms with van der Waals surface area (Å²) >= 11 is 4.47. The van der Waals surface area contributed by atoms with Gasteiger partial charge in [0.15, 0.2) is 0 Å². The van der Waals surface area contributed by atoms with Gasteiger partial charge in [-0.1, -0.05) is 4.49 Å². The predicted octanol–water partition coefficient (Wildman–Crippen LogP) is 3.57. The van der Waals surface area contributed by atoms with Crippen LogP contribution >= 0.6 is 34.2 Å². The molecule has 0 aliphatic heterocycles. The summed E-state index contributed by atoms with van der Waals surface area (Å²) in [5.41, 5.74) is 3.11. The number of amides is 1. The van der Waals surface area contributed by atoms with Gasteiger partial charge in [0, 0.05) is 4.88 Å². The van der Waals surface area contributed by atoms with Crippen LogP contribution in [0.2, 0.25) is 0 Å². The zero-order chi connectivity index (χ0) is 13.9. The highest BCUT2D eigenvalue weighted by Crippen LogP contribution is 2.27. The van der Waals surface area contributed by atoms with E-state index in [4.69, 9.17) is 0 Å². The number of hydrogen-bond donors (Lipinski definition) is 1. The first-order chi connectivity index (χ1) is 9.74. The molecule has 3 rings (SSSR count). The van der Waals surface area contributed by atoms with E-state index in [9.17, 15) is 4.79 Å². The first kappa shape index (κ1) is 13.4. The van der Waals surface area contributed by atoms with Gasteiger partial charge in [-0.25, -0.2) is 0 Å². The molecular formula is C13H11N3OS3. The molecule has 0 atom stereocenters. The van der Waals surface area contributed by atoms with Gasteiger partial charge in [0.2, 0.25) is 0 Å². The molecule has 0 fully saturated rings. The average molecular weight is 321 g/mol. The van der Waals surface area contributed by atoms with Crippen LogP contribution in [0.25, 0.3) is 11.1 Å². The Balaban J connectivity index is 1.65. The lowest BCUT2D eigenvalue weighted by molar-refractivity contribution is 0.0954. The van der Waals surface area contributed by atoms with Gasteiger partial charge in [-0.2, -0.15) is 11.3 Å². The van der Waals surface area contributed by atoms with E-state index in [-0.39, 0.29) is 5.91 Å². The van der Waals surface area contributed by atoms with Gasteiger partial charge >= 0.3 is 0 Å². The Hall–Kier alpha value is -1.57. The summed E-state index contributed by atoms with van der Waals surface area (Å²) in [6.45, 7) is 2.32. The molecule has 0 saturated carbocycles. The Morgan fingerprint density at radius 1 is 1.35 bits per heavy atom. The van der Waals surface area contributed by atoms with Gasteiger partial charge in [-0.3, -0.25) is 4.79 Å². The lowest BCUT2D eigenvalue weighted by Gasteiger charge is -2.00. The highest BCUT2D eigenvalue weighted by Gasteiger charge is 2.13. The fraction of sp³-hybridized carbons (Fsp3) is 0.154.